The summed E-state index contributed by atoms with van der Waals surface area (Å²) in [6.45, 7) is 1.09. The van der Waals surface area contributed by atoms with E-state index in [2.05, 4.69) is 39.6 Å². The third-order valence-electron chi connectivity index (χ3n) is 3.60. The van der Waals surface area contributed by atoms with Crippen LogP contribution in [-0.4, -0.2) is 16.5 Å². The SMILES string of the molecule is c1cc(CC2CNC(c3ccncc3)C2)ccn1. The first-order valence-electron chi connectivity index (χ1n) is 6.44. The number of nitrogens with zero attached hydrogens (tertiary/aromatic N) is 2. The Morgan fingerprint density at radius 1 is 1.00 bits per heavy atom. The molecule has 2 aromatic rings. The lowest BCUT2D eigenvalue weighted by Gasteiger charge is -2.10. The minimum absolute atomic E-state index is 0.486. The molecule has 2 aromatic heterocycles. The molecule has 3 heterocycles. The molecule has 3 rings (SSSR count). The highest BCUT2D eigenvalue weighted by atomic mass is 14.9. The molecule has 1 aliphatic rings. The highest BCUT2D eigenvalue weighted by Gasteiger charge is 2.25. The normalized spacial score (nSPS) is 23.1. The van der Waals surface area contributed by atoms with E-state index in [9.17, 15) is 0 Å². The molecule has 0 saturated carbocycles. The number of rotatable bonds is 3. The van der Waals surface area contributed by atoms with Gasteiger partial charge in [-0.1, -0.05) is 0 Å². The quantitative estimate of drug-likeness (QED) is 0.893. The lowest BCUT2D eigenvalue weighted by Crippen LogP contribution is -2.14. The molecule has 0 aliphatic carbocycles. The molecular formula is C15H17N3. The zero-order chi connectivity index (χ0) is 12.2. The third kappa shape index (κ3) is 2.57. The zero-order valence-corrected chi connectivity index (χ0v) is 10.3. The van der Waals surface area contributed by atoms with E-state index in [1.165, 1.54) is 17.5 Å². The molecule has 0 aromatic carbocycles. The third-order valence-corrected chi connectivity index (χ3v) is 3.60. The second-order valence-corrected chi connectivity index (χ2v) is 4.90. The van der Waals surface area contributed by atoms with Crippen LogP contribution >= 0.6 is 0 Å². The van der Waals surface area contributed by atoms with Gasteiger partial charge in [0.05, 0.1) is 0 Å². The fraction of sp³-hybridized carbons (Fsp3) is 0.333. The Hall–Kier alpha value is -1.74. The first-order valence-corrected chi connectivity index (χ1v) is 6.44. The van der Waals surface area contributed by atoms with Gasteiger partial charge in [-0.25, -0.2) is 0 Å². The maximum Gasteiger partial charge on any atom is 0.0324 e. The Bertz CT molecular complexity index is 484. The Morgan fingerprint density at radius 2 is 1.67 bits per heavy atom. The Kier molecular flexibility index (Phi) is 3.33. The van der Waals surface area contributed by atoms with Gasteiger partial charge in [-0.3, -0.25) is 9.97 Å². The van der Waals surface area contributed by atoms with Gasteiger partial charge in [0.1, 0.15) is 0 Å². The van der Waals surface area contributed by atoms with Gasteiger partial charge in [-0.15, -0.1) is 0 Å². The van der Waals surface area contributed by atoms with Crippen LogP contribution in [-0.2, 0) is 6.42 Å². The Morgan fingerprint density at radius 3 is 2.39 bits per heavy atom. The molecular weight excluding hydrogens is 222 g/mol. The summed E-state index contributed by atoms with van der Waals surface area (Å²) in [5, 5.41) is 3.60. The van der Waals surface area contributed by atoms with Crippen LogP contribution in [0.25, 0.3) is 0 Å². The molecule has 0 spiro atoms. The van der Waals surface area contributed by atoms with Crippen LogP contribution in [0.15, 0.2) is 49.1 Å². The zero-order valence-electron chi connectivity index (χ0n) is 10.3. The lowest BCUT2D eigenvalue weighted by molar-refractivity contribution is 0.560. The first-order chi connectivity index (χ1) is 8.92. The molecule has 1 aliphatic heterocycles. The van der Waals surface area contributed by atoms with Gasteiger partial charge in [0, 0.05) is 30.8 Å². The summed E-state index contributed by atoms with van der Waals surface area (Å²) >= 11 is 0. The van der Waals surface area contributed by atoms with Crippen molar-refractivity contribution in [1.82, 2.24) is 15.3 Å². The summed E-state index contributed by atoms with van der Waals surface area (Å²) in [5.41, 5.74) is 2.73. The predicted molar refractivity (Wildman–Crippen MR) is 71.0 cm³/mol. The number of hydrogen-bond acceptors (Lipinski definition) is 3. The van der Waals surface area contributed by atoms with Crippen LogP contribution in [0.1, 0.15) is 23.6 Å². The Balaban J connectivity index is 1.62. The summed E-state index contributed by atoms with van der Waals surface area (Å²) in [7, 11) is 0. The van der Waals surface area contributed by atoms with E-state index in [0.29, 0.717) is 12.0 Å². The van der Waals surface area contributed by atoms with Crippen molar-refractivity contribution in [3.8, 4) is 0 Å². The van der Waals surface area contributed by atoms with Crippen molar-refractivity contribution < 1.29 is 0 Å². The summed E-state index contributed by atoms with van der Waals surface area (Å²) in [6.07, 6.45) is 9.82. The fourth-order valence-corrected chi connectivity index (χ4v) is 2.67. The number of aromatic nitrogens is 2. The molecule has 1 fully saturated rings. The molecule has 0 amide bonds. The van der Waals surface area contributed by atoms with Crippen LogP contribution in [0.2, 0.25) is 0 Å². The van der Waals surface area contributed by atoms with Crippen molar-refractivity contribution in [1.29, 1.82) is 0 Å². The van der Waals surface area contributed by atoms with Crippen LogP contribution in [0.4, 0.5) is 0 Å². The summed E-state index contributed by atoms with van der Waals surface area (Å²) in [4.78, 5) is 8.13. The molecule has 3 heteroatoms. The van der Waals surface area contributed by atoms with Crippen molar-refractivity contribution in [2.24, 2.45) is 5.92 Å². The van der Waals surface area contributed by atoms with Gasteiger partial charge < -0.3 is 5.32 Å². The van der Waals surface area contributed by atoms with Crippen molar-refractivity contribution in [3.05, 3.63) is 60.2 Å². The van der Waals surface area contributed by atoms with Crippen molar-refractivity contribution in [3.63, 3.8) is 0 Å². The van der Waals surface area contributed by atoms with Crippen molar-refractivity contribution in [2.45, 2.75) is 18.9 Å². The summed E-state index contributed by atoms with van der Waals surface area (Å²) in [5.74, 6) is 0.713. The van der Waals surface area contributed by atoms with E-state index in [4.69, 9.17) is 0 Å². The van der Waals surface area contributed by atoms with Crippen LogP contribution in [0, 0.1) is 5.92 Å². The molecule has 0 radical (unpaired) electrons. The van der Waals surface area contributed by atoms with E-state index < -0.39 is 0 Å². The topological polar surface area (TPSA) is 37.8 Å². The number of pyridine rings is 2. The second kappa shape index (κ2) is 5.27. The van der Waals surface area contributed by atoms with E-state index in [0.717, 1.165) is 13.0 Å². The van der Waals surface area contributed by atoms with Gasteiger partial charge in [-0.05, 0) is 60.7 Å². The molecule has 2 unspecified atom stereocenters. The van der Waals surface area contributed by atoms with Crippen LogP contribution in [0.5, 0.6) is 0 Å². The monoisotopic (exact) mass is 239 g/mol. The maximum atomic E-state index is 4.07. The van der Waals surface area contributed by atoms with Gasteiger partial charge in [-0.2, -0.15) is 0 Å². The van der Waals surface area contributed by atoms with E-state index >= 15 is 0 Å². The van der Waals surface area contributed by atoms with Crippen molar-refractivity contribution >= 4 is 0 Å². The van der Waals surface area contributed by atoms with Gasteiger partial charge in [0.2, 0.25) is 0 Å². The summed E-state index contributed by atoms with van der Waals surface area (Å²) < 4.78 is 0. The van der Waals surface area contributed by atoms with Crippen molar-refractivity contribution in [2.75, 3.05) is 6.54 Å². The smallest absolute Gasteiger partial charge is 0.0324 e. The maximum absolute atomic E-state index is 4.07. The van der Waals surface area contributed by atoms with Gasteiger partial charge in [0.15, 0.2) is 0 Å². The van der Waals surface area contributed by atoms with E-state index in [1.807, 2.05) is 24.8 Å². The number of hydrogen-bond donors (Lipinski definition) is 1. The molecule has 2 atom stereocenters. The van der Waals surface area contributed by atoms with Crippen LogP contribution < -0.4 is 5.32 Å². The second-order valence-electron chi connectivity index (χ2n) is 4.90. The summed E-state index contributed by atoms with van der Waals surface area (Å²) in [6, 6.07) is 8.92. The van der Waals surface area contributed by atoms with Gasteiger partial charge in [0.25, 0.3) is 0 Å². The molecule has 1 saturated heterocycles. The average Bonchev–Trinajstić information content (AvgIpc) is 2.89. The lowest BCUT2D eigenvalue weighted by atomic mass is 9.95. The average molecular weight is 239 g/mol. The standard InChI is InChI=1S/C15H17N3/c1-5-16-6-2-12(1)9-13-10-15(18-11-13)14-3-7-17-8-4-14/h1-8,13,15,18H,9-11H2. The van der Waals surface area contributed by atoms with Gasteiger partial charge >= 0.3 is 0 Å². The fourth-order valence-electron chi connectivity index (χ4n) is 2.67. The molecule has 1 N–H and O–H groups in total. The Labute approximate surface area is 107 Å². The predicted octanol–water partition coefficient (Wildman–Crippen LogP) is 2.37. The van der Waals surface area contributed by atoms with E-state index in [-0.39, 0.29) is 0 Å². The molecule has 18 heavy (non-hydrogen) atoms. The van der Waals surface area contributed by atoms with Crippen LogP contribution in [0.3, 0.4) is 0 Å². The highest BCUT2D eigenvalue weighted by Crippen LogP contribution is 2.28. The largest absolute Gasteiger partial charge is 0.310 e. The number of nitrogens with one attached hydrogen (secondary N) is 1. The molecule has 0 bridgehead atoms. The highest BCUT2D eigenvalue weighted by molar-refractivity contribution is 5.18. The van der Waals surface area contributed by atoms with E-state index in [1.54, 1.807) is 0 Å². The minimum Gasteiger partial charge on any atom is -0.310 e. The molecule has 92 valence electrons. The molecule has 3 nitrogen and oxygen atoms in total. The minimum atomic E-state index is 0.486. The first kappa shape index (κ1) is 11.4.